The lowest BCUT2D eigenvalue weighted by Gasteiger charge is -2.35. The van der Waals surface area contributed by atoms with Crippen molar-refractivity contribution in [2.24, 2.45) is 0 Å². The zero-order chi connectivity index (χ0) is 14.8. The van der Waals surface area contributed by atoms with Gasteiger partial charge in [-0.05, 0) is 51.7 Å². The van der Waals surface area contributed by atoms with Crippen molar-refractivity contribution in [3.63, 3.8) is 0 Å². The van der Waals surface area contributed by atoms with Crippen molar-refractivity contribution < 1.29 is 4.42 Å². The van der Waals surface area contributed by atoms with E-state index in [4.69, 9.17) is 4.42 Å². The van der Waals surface area contributed by atoms with Crippen LogP contribution in [0.25, 0.3) is 0 Å². The van der Waals surface area contributed by atoms with Crippen LogP contribution < -0.4 is 4.90 Å². The van der Waals surface area contributed by atoms with Gasteiger partial charge in [0.1, 0.15) is 23.2 Å². The summed E-state index contributed by atoms with van der Waals surface area (Å²) in [5.41, 5.74) is 1.11. The largest absolute Gasteiger partial charge is 0.464 e. The Hall–Kier alpha value is -1.84. The molecule has 0 bridgehead atoms. The van der Waals surface area contributed by atoms with Gasteiger partial charge in [0, 0.05) is 18.3 Å². The molecule has 1 aliphatic heterocycles. The minimum atomic E-state index is 0.298. The van der Waals surface area contributed by atoms with Crippen molar-refractivity contribution in [1.29, 1.82) is 0 Å². The summed E-state index contributed by atoms with van der Waals surface area (Å²) in [6.07, 6.45) is 4.51. The van der Waals surface area contributed by atoms with Crippen molar-refractivity contribution in [3.8, 4) is 0 Å². The summed E-state index contributed by atoms with van der Waals surface area (Å²) in [6, 6.07) is 6.57. The lowest BCUT2D eigenvalue weighted by Crippen LogP contribution is -2.34. The molecule has 0 amide bonds. The maximum atomic E-state index is 5.88. The first-order valence-electron chi connectivity index (χ1n) is 7.85. The van der Waals surface area contributed by atoms with Gasteiger partial charge in [0.2, 0.25) is 0 Å². The Bertz CT molecular complexity index is 620. The molecule has 0 saturated carbocycles. The summed E-state index contributed by atoms with van der Waals surface area (Å²) in [5, 5.41) is 0. The smallest absolute Gasteiger partial charge is 0.133 e. The highest BCUT2D eigenvalue weighted by Crippen LogP contribution is 2.35. The van der Waals surface area contributed by atoms with Gasteiger partial charge >= 0.3 is 0 Å². The molecule has 21 heavy (non-hydrogen) atoms. The van der Waals surface area contributed by atoms with E-state index in [0.29, 0.717) is 6.04 Å². The maximum Gasteiger partial charge on any atom is 0.133 e. The first kappa shape index (κ1) is 14.1. The Kier molecular flexibility index (Phi) is 3.95. The predicted molar refractivity (Wildman–Crippen MR) is 83.5 cm³/mol. The fourth-order valence-corrected chi connectivity index (χ4v) is 3.07. The van der Waals surface area contributed by atoms with Crippen molar-refractivity contribution >= 4 is 5.82 Å². The van der Waals surface area contributed by atoms with Gasteiger partial charge < -0.3 is 9.32 Å². The zero-order valence-corrected chi connectivity index (χ0v) is 13.1. The first-order chi connectivity index (χ1) is 10.2. The SMILES string of the molecule is CCc1cc(N2CCCCC2c2ccc(C)o2)nc(C)n1. The van der Waals surface area contributed by atoms with E-state index in [2.05, 4.69) is 33.9 Å². The maximum absolute atomic E-state index is 5.88. The van der Waals surface area contributed by atoms with E-state index in [9.17, 15) is 0 Å². The monoisotopic (exact) mass is 285 g/mol. The van der Waals surface area contributed by atoms with Gasteiger partial charge in [0.05, 0.1) is 6.04 Å². The molecule has 0 aromatic carbocycles. The molecular weight excluding hydrogens is 262 g/mol. The zero-order valence-electron chi connectivity index (χ0n) is 13.1. The van der Waals surface area contributed by atoms with E-state index in [0.717, 1.165) is 48.2 Å². The van der Waals surface area contributed by atoms with Gasteiger partial charge in [-0.25, -0.2) is 9.97 Å². The van der Waals surface area contributed by atoms with Crippen LogP contribution in [0.3, 0.4) is 0 Å². The first-order valence-corrected chi connectivity index (χ1v) is 7.85. The van der Waals surface area contributed by atoms with Gasteiger partial charge in [0.25, 0.3) is 0 Å². The van der Waals surface area contributed by atoms with Crippen LogP contribution in [-0.4, -0.2) is 16.5 Å². The van der Waals surface area contributed by atoms with Crippen LogP contribution in [0.2, 0.25) is 0 Å². The van der Waals surface area contributed by atoms with Crippen LogP contribution in [-0.2, 0) is 6.42 Å². The number of rotatable bonds is 3. The Morgan fingerprint density at radius 2 is 2.10 bits per heavy atom. The summed E-state index contributed by atoms with van der Waals surface area (Å²) >= 11 is 0. The third-order valence-electron chi connectivity index (χ3n) is 4.13. The number of nitrogens with zero attached hydrogens (tertiary/aromatic N) is 3. The number of hydrogen-bond donors (Lipinski definition) is 0. The molecule has 0 aliphatic carbocycles. The number of anilines is 1. The molecule has 1 atom stereocenters. The van der Waals surface area contributed by atoms with E-state index in [1.807, 2.05) is 19.9 Å². The van der Waals surface area contributed by atoms with Crippen LogP contribution in [0, 0.1) is 13.8 Å². The molecule has 2 aromatic heterocycles. The van der Waals surface area contributed by atoms with Crippen LogP contribution >= 0.6 is 0 Å². The Balaban J connectivity index is 1.95. The van der Waals surface area contributed by atoms with Gasteiger partial charge in [-0.2, -0.15) is 0 Å². The molecule has 1 saturated heterocycles. The summed E-state index contributed by atoms with van der Waals surface area (Å²) in [6.45, 7) is 7.14. The second-order valence-corrected chi connectivity index (χ2v) is 5.77. The number of piperidine rings is 1. The predicted octanol–water partition coefficient (Wildman–Crippen LogP) is 3.98. The fourth-order valence-electron chi connectivity index (χ4n) is 3.07. The second-order valence-electron chi connectivity index (χ2n) is 5.77. The molecule has 2 aromatic rings. The van der Waals surface area contributed by atoms with E-state index < -0.39 is 0 Å². The molecule has 3 heterocycles. The lowest BCUT2D eigenvalue weighted by atomic mass is 10.00. The minimum absolute atomic E-state index is 0.298. The summed E-state index contributed by atoms with van der Waals surface area (Å²) < 4.78 is 5.88. The molecular formula is C17H23N3O. The van der Waals surface area contributed by atoms with Crippen LogP contribution in [0.4, 0.5) is 5.82 Å². The lowest BCUT2D eigenvalue weighted by molar-refractivity contribution is 0.380. The topological polar surface area (TPSA) is 42.2 Å². The van der Waals surface area contributed by atoms with E-state index in [1.165, 1.54) is 12.8 Å². The number of aromatic nitrogens is 2. The highest BCUT2D eigenvalue weighted by atomic mass is 16.3. The standard InChI is InChI=1S/C17H23N3O/c1-4-14-11-17(19-13(3)18-14)20-10-6-5-7-15(20)16-9-8-12(2)21-16/h8-9,11,15H,4-7,10H2,1-3H3. The summed E-state index contributed by atoms with van der Waals surface area (Å²) in [4.78, 5) is 11.5. The van der Waals surface area contributed by atoms with Crippen LogP contribution in [0.5, 0.6) is 0 Å². The molecule has 0 N–H and O–H groups in total. The molecule has 3 rings (SSSR count). The Labute approximate surface area is 126 Å². The van der Waals surface area contributed by atoms with Crippen molar-refractivity contribution in [3.05, 3.63) is 41.2 Å². The molecule has 0 spiro atoms. The molecule has 4 heteroatoms. The molecule has 0 radical (unpaired) electrons. The third-order valence-corrected chi connectivity index (χ3v) is 4.13. The van der Waals surface area contributed by atoms with Gasteiger partial charge in [-0.3, -0.25) is 0 Å². The summed E-state index contributed by atoms with van der Waals surface area (Å²) in [5.74, 6) is 3.92. The third kappa shape index (κ3) is 2.94. The van der Waals surface area contributed by atoms with E-state index in [1.54, 1.807) is 0 Å². The van der Waals surface area contributed by atoms with E-state index >= 15 is 0 Å². The molecule has 1 unspecified atom stereocenters. The minimum Gasteiger partial charge on any atom is -0.464 e. The van der Waals surface area contributed by atoms with Crippen molar-refractivity contribution in [1.82, 2.24) is 9.97 Å². The van der Waals surface area contributed by atoms with Crippen molar-refractivity contribution in [2.75, 3.05) is 11.4 Å². The van der Waals surface area contributed by atoms with Gasteiger partial charge in [-0.1, -0.05) is 6.92 Å². The van der Waals surface area contributed by atoms with Gasteiger partial charge in [-0.15, -0.1) is 0 Å². The Morgan fingerprint density at radius 1 is 1.24 bits per heavy atom. The highest BCUT2D eigenvalue weighted by molar-refractivity contribution is 5.43. The quantitative estimate of drug-likeness (QED) is 0.855. The molecule has 4 nitrogen and oxygen atoms in total. The van der Waals surface area contributed by atoms with Crippen molar-refractivity contribution in [2.45, 2.75) is 52.5 Å². The van der Waals surface area contributed by atoms with Crippen LogP contribution in [0.15, 0.2) is 22.6 Å². The average molecular weight is 285 g/mol. The summed E-state index contributed by atoms with van der Waals surface area (Å²) in [7, 11) is 0. The fraction of sp³-hybridized carbons (Fsp3) is 0.529. The van der Waals surface area contributed by atoms with Gasteiger partial charge in [0.15, 0.2) is 0 Å². The average Bonchev–Trinajstić information content (AvgIpc) is 2.93. The van der Waals surface area contributed by atoms with E-state index in [-0.39, 0.29) is 0 Å². The molecule has 1 fully saturated rings. The molecule has 112 valence electrons. The van der Waals surface area contributed by atoms with Crippen LogP contribution in [0.1, 0.15) is 55.3 Å². The molecule has 1 aliphatic rings. The number of furan rings is 1. The second kappa shape index (κ2) is 5.88. The Morgan fingerprint density at radius 3 is 2.81 bits per heavy atom. The number of aryl methyl sites for hydroxylation is 3. The highest BCUT2D eigenvalue weighted by Gasteiger charge is 2.27. The number of hydrogen-bond acceptors (Lipinski definition) is 4. The normalized spacial score (nSPS) is 19.0.